The second-order valence-electron chi connectivity index (χ2n) is 4.23. The zero-order chi connectivity index (χ0) is 15.2. The van der Waals surface area contributed by atoms with Gasteiger partial charge in [-0.1, -0.05) is 29.8 Å². The maximum absolute atomic E-state index is 12.4. The van der Waals surface area contributed by atoms with Gasteiger partial charge in [-0.3, -0.25) is 4.79 Å². The van der Waals surface area contributed by atoms with E-state index >= 15 is 0 Å². The summed E-state index contributed by atoms with van der Waals surface area (Å²) in [4.78, 5) is 12.4. The van der Waals surface area contributed by atoms with Crippen LogP contribution in [0.2, 0.25) is 5.02 Å². The first-order valence-corrected chi connectivity index (χ1v) is 7.90. The third-order valence-electron chi connectivity index (χ3n) is 2.85. The zero-order valence-corrected chi connectivity index (χ0v) is 13.6. The molecule has 0 aliphatic heterocycles. The number of hydrogen-bond acceptors (Lipinski definition) is 3. The number of carbonyl (C=O) groups excluding carboxylic acids is 1. The normalized spacial score (nSPS) is 10.3. The quantitative estimate of drug-likeness (QED) is 0.602. The number of hydrogen-bond donors (Lipinski definition) is 0. The molecular weight excluding hydrogens is 314 g/mol. The minimum atomic E-state index is -0.0402. The SMILES string of the molecule is CCOc1ccc(PC(=O)c2c(Cl)cccc2OC)cc1.[LiH]. The van der Waals surface area contributed by atoms with Gasteiger partial charge < -0.3 is 9.47 Å². The number of halogens is 1. The van der Waals surface area contributed by atoms with E-state index in [0.29, 0.717) is 22.9 Å². The first-order valence-electron chi connectivity index (χ1n) is 6.52. The Bertz CT molecular complexity index is 632. The standard InChI is InChI=1S/C16H16ClO3P.Li.H/c1-3-20-11-7-9-12(10-8-11)21-16(18)15-13(17)5-4-6-14(15)19-2;;/h4-10,21H,3H2,1-2H3;;. The fourth-order valence-electron chi connectivity index (χ4n) is 1.89. The van der Waals surface area contributed by atoms with Crippen molar-refractivity contribution in [1.82, 2.24) is 0 Å². The summed E-state index contributed by atoms with van der Waals surface area (Å²) in [6, 6.07) is 12.7. The van der Waals surface area contributed by atoms with Crippen LogP contribution in [-0.4, -0.2) is 38.1 Å². The predicted molar refractivity (Wildman–Crippen MR) is 95.0 cm³/mol. The number of ether oxygens (including phenoxy) is 2. The van der Waals surface area contributed by atoms with E-state index in [4.69, 9.17) is 21.1 Å². The van der Waals surface area contributed by atoms with Gasteiger partial charge in [-0.2, -0.15) is 0 Å². The molecule has 22 heavy (non-hydrogen) atoms. The summed E-state index contributed by atoms with van der Waals surface area (Å²) in [7, 11) is 1.52. The van der Waals surface area contributed by atoms with Gasteiger partial charge in [0.25, 0.3) is 0 Å². The van der Waals surface area contributed by atoms with E-state index in [2.05, 4.69) is 0 Å². The Morgan fingerprint density at radius 3 is 2.45 bits per heavy atom. The second kappa shape index (κ2) is 9.23. The molecule has 0 aliphatic carbocycles. The molecule has 0 N–H and O–H groups in total. The van der Waals surface area contributed by atoms with Gasteiger partial charge in [-0.25, -0.2) is 0 Å². The van der Waals surface area contributed by atoms with Gasteiger partial charge in [0.05, 0.1) is 24.3 Å². The molecule has 3 nitrogen and oxygen atoms in total. The van der Waals surface area contributed by atoms with Gasteiger partial charge in [0.1, 0.15) is 11.5 Å². The van der Waals surface area contributed by atoms with Crippen molar-refractivity contribution in [1.29, 1.82) is 0 Å². The van der Waals surface area contributed by atoms with Gasteiger partial charge in [0, 0.05) is 0 Å². The fraction of sp³-hybridized carbons (Fsp3) is 0.188. The van der Waals surface area contributed by atoms with Crippen LogP contribution in [-0.2, 0) is 0 Å². The number of rotatable bonds is 6. The summed E-state index contributed by atoms with van der Waals surface area (Å²) in [5.74, 6) is 1.31. The first-order chi connectivity index (χ1) is 10.2. The van der Waals surface area contributed by atoms with Crippen LogP contribution in [0.15, 0.2) is 42.5 Å². The Morgan fingerprint density at radius 1 is 1.18 bits per heavy atom. The van der Waals surface area contributed by atoms with Crippen molar-refractivity contribution in [2.24, 2.45) is 0 Å². The molecule has 0 spiro atoms. The molecule has 0 amide bonds. The fourth-order valence-corrected chi connectivity index (χ4v) is 3.20. The number of methoxy groups -OCH3 is 1. The summed E-state index contributed by atoms with van der Waals surface area (Å²) in [6.07, 6.45) is 0. The van der Waals surface area contributed by atoms with E-state index < -0.39 is 0 Å². The van der Waals surface area contributed by atoms with Crippen molar-refractivity contribution >= 4 is 49.9 Å². The Balaban J connectivity index is 0.00000242. The monoisotopic (exact) mass is 330 g/mol. The van der Waals surface area contributed by atoms with Crippen LogP contribution in [0.1, 0.15) is 17.3 Å². The molecule has 2 rings (SSSR count). The van der Waals surface area contributed by atoms with Crippen molar-refractivity contribution in [3.8, 4) is 11.5 Å². The predicted octanol–water partition coefficient (Wildman–Crippen LogP) is 3.24. The number of benzene rings is 2. The average molecular weight is 331 g/mol. The summed E-state index contributed by atoms with van der Waals surface area (Å²) in [5.41, 5.74) is 0.399. The molecule has 112 valence electrons. The second-order valence-corrected chi connectivity index (χ2v) is 5.92. The minimum absolute atomic E-state index is 0. The summed E-state index contributed by atoms with van der Waals surface area (Å²) in [6.45, 7) is 2.56. The summed E-state index contributed by atoms with van der Waals surface area (Å²) >= 11 is 6.12. The molecule has 2 aromatic rings. The molecule has 0 radical (unpaired) electrons. The molecular formula is C16H17ClLiO3P. The van der Waals surface area contributed by atoms with E-state index in [0.717, 1.165) is 11.1 Å². The van der Waals surface area contributed by atoms with E-state index in [1.807, 2.05) is 31.2 Å². The topological polar surface area (TPSA) is 35.5 Å². The van der Waals surface area contributed by atoms with Gasteiger partial charge in [-0.15, -0.1) is 0 Å². The van der Waals surface area contributed by atoms with Gasteiger partial charge >= 0.3 is 18.9 Å². The van der Waals surface area contributed by atoms with Gasteiger partial charge in [-0.05, 0) is 45.1 Å². The molecule has 1 unspecified atom stereocenters. The van der Waals surface area contributed by atoms with Crippen molar-refractivity contribution < 1.29 is 14.3 Å². The molecule has 0 saturated carbocycles. The van der Waals surface area contributed by atoms with E-state index in [1.165, 1.54) is 7.11 Å². The molecule has 1 atom stereocenters. The van der Waals surface area contributed by atoms with Gasteiger partial charge in [0.15, 0.2) is 5.52 Å². The maximum atomic E-state index is 12.4. The molecule has 0 fully saturated rings. The van der Waals surface area contributed by atoms with Crippen LogP contribution in [0.3, 0.4) is 0 Å². The molecule has 0 aliphatic rings. The van der Waals surface area contributed by atoms with E-state index in [-0.39, 0.29) is 33.0 Å². The van der Waals surface area contributed by atoms with E-state index in [9.17, 15) is 4.79 Å². The van der Waals surface area contributed by atoms with Gasteiger partial charge in [0.2, 0.25) is 0 Å². The van der Waals surface area contributed by atoms with Crippen molar-refractivity contribution in [2.75, 3.05) is 13.7 Å². The summed E-state index contributed by atoms with van der Waals surface area (Å²) in [5, 5.41) is 1.35. The van der Waals surface area contributed by atoms with Crippen LogP contribution in [0.4, 0.5) is 0 Å². The third kappa shape index (κ3) is 4.76. The molecule has 2 aromatic carbocycles. The third-order valence-corrected chi connectivity index (χ3v) is 4.26. The Kier molecular flexibility index (Phi) is 8.00. The Morgan fingerprint density at radius 2 is 1.86 bits per heavy atom. The number of carbonyl (C=O) groups is 1. The molecule has 0 saturated heterocycles. The van der Waals surface area contributed by atoms with Crippen molar-refractivity contribution in [3.05, 3.63) is 53.1 Å². The van der Waals surface area contributed by atoms with Crippen molar-refractivity contribution in [2.45, 2.75) is 6.92 Å². The molecule has 0 bridgehead atoms. The Labute approximate surface area is 149 Å². The first kappa shape index (κ1) is 19.1. The van der Waals surface area contributed by atoms with Crippen LogP contribution in [0.5, 0.6) is 11.5 Å². The molecule has 6 heteroatoms. The molecule has 0 heterocycles. The molecule has 0 aromatic heterocycles. The van der Waals surface area contributed by atoms with E-state index in [1.54, 1.807) is 18.2 Å². The zero-order valence-electron chi connectivity index (χ0n) is 11.9. The van der Waals surface area contributed by atoms with Crippen LogP contribution in [0, 0.1) is 0 Å². The van der Waals surface area contributed by atoms with Crippen molar-refractivity contribution in [3.63, 3.8) is 0 Å². The summed E-state index contributed by atoms with van der Waals surface area (Å²) < 4.78 is 10.6. The van der Waals surface area contributed by atoms with Crippen LogP contribution < -0.4 is 14.8 Å². The van der Waals surface area contributed by atoms with Crippen LogP contribution in [0.25, 0.3) is 0 Å². The Hall–Kier alpha value is -0.973. The average Bonchev–Trinajstić information content (AvgIpc) is 2.49. The van der Waals surface area contributed by atoms with Crippen LogP contribution >= 0.6 is 20.2 Å².